The van der Waals surface area contributed by atoms with Crippen LogP contribution >= 0.6 is 11.8 Å². The minimum absolute atomic E-state index is 0.129. The molecule has 18 heavy (non-hydrogen) atoms. The predicted molar refractivity (Wildman–Crippen MR) is 69.6 cm³/mol. The lowest BCUT2D eigenvalue weighted by molar-refractivity contribution is -0.139. The first-order valence-electron chi connectivity index (χ1n) is 6.02. The maximum absolute atomic E-state index is 12.9. The molecular weight excluding hydrogens is 259 g/mol. The zero-order valence-electron chi connectivity index (χ0n) is 10.4. The van der Waals surface area contributed by atoms with E-state index in [1.54, 1.807) is 6.07 Å². The van der Waals surface area contributed by atoms with Gasteiger partial charge in [-0.2, -0.15) is 13.2 Å². The van der Waals surface area contributed by atoms with E-state index in [1.165, 1.54) is 17.8 Å². The fourth-order valence-electron chi connectivity index (χ4n) is 1.59. The second-order valence-corrected chi connectivity index (χ2v) is 5.22. The summed E-state index contributed by atoms with van der Waals surface area (Å²) in [6.07, 6.45) is -1.25. The molecule has 102 valence electrons. The van der Waals surface area contributed by atoms with Crippen LogP contribution in [0.1, 0.15) is 37.3 Å². The molecule has 0 aliphatic carbocycles. The Morgan fingerprint density at radius 3 is 2.50 bits per heavy atom. The third kappa shape index (κ3) is 4.53. The Hall–Kier alpha value is -0.680. The lowest BCUT2D eigenvalue weighted by Gasteiger charge is -2.13. The maximum Gasteiger partial charge on any atom is 0.417 e. The van der Waals surface area contributed by atoms with E-state index in [9.17, 15) is 13.2 Å². The molecule has 1 rings (SSSR count). The van der Waals surface area contributed by atoms with Gasteiger partial charge in [0.05, 0.1) is 5.56 Å². The summed E-state index contributed by atoms with van der Waals surface area (Å²) < 4.78 is 38.7. The van der Waals surface area contributed by atoms with Crippen molar-refractivity contribution in [2.45, 2.75) is 43.8 Å². The molecule has 0 heterocycles. The van der Waals surface area contributed by atoms with Gasteiger partial charge in [0.15, 0.2) is 0 Å². The zero-order valence-corrected chi connectivity index (χ0v) is 11.2. The number of halogens is 3. The summed E-state index contributed by atoms with van der Waals surface area (Å²) in [6.45, 7) is 2.20. The summed E-state index contributed by atoms with van der Waals surface area (Å²) in [5.41, 5.74) is 5.33. The molecule has 0 saturated carbocycles. The van der Waals surface area contributed by atoms with Gasteiger partial charge in [0.25, 0.3) is 0 Å². The minimum atomic E-state index is -4.31. The minimum Gasteiger partial charge on any atom is -0.326 e. The van der Waals surface area contributed by atoms with E-state index in [2.05, 4.69) is 6.92 Å². The van der Waals surface area contributed by atoms with Crippen LogP contribution in [0, 0.1) is 0 Å². The van der Waals surface area contributed by atoms with Gasteiger partial charge in [0.1, 0.15) is 0 Å². The van der Waals surface area contributed by atoms with E-state index in [0.29, 0.717) is 10.5 Å². The number of hydrogen-bond donors (Lipinski definition) is 1. The third-order valence-corrected chi connectivity index (χ3v) is 3.75. The molecule has 0 fully saturated rings. The molecule has 0 aromatic heterocycles. The summed E-state index contributed by atoms with van der Waals surface area (Å²) in [5, 5.41) is 0. The van der Waals surface area contributed by atoms with Crippen molar-refractivity contribution in [3.8, 4) is 0 Å². The van der Waals surface area contributed by atoms with E-state index in [0.717, 1.165) is 31.1 Å². The molecule has 1 aromatic carbocycles. The SMILES string of the molecule is CCCCCSc1ccc(CN)cc1C(F)(F)F. The number of thioether (sulfide) groups is 1. The van der Waals surface area contributed by atoms with Crippen LogP contribution in [-0.2, 0) is 12.7 Å². The zero-order chi connectivity index (χ0) is 13.6. The lowest BCUT2D eigenvalue weighted by Crippen LogP contribution is -2.09. The first-order chi connectivity index (χ1) is 8.49. The van der Waals surface area contributed by atoms with Gasteiger partial charge in [0.2, 0.25) is 0 Å². The number of alkyl halides is 3. The summed E-state index contributed by atoms with van der Waals surface area (Å²) in [7, 11) is 0. The van der Waals surface area contributed by atoms with Gasteiger partial charge in [-0.25, -0.2) is 0 Å². The third-order valence-electron chi connectivity index (χ3n) is 2.59. The number of hydrogen-bond acceptors (Lipinski definition) is 2. The van der Waals surface area contributed by atoms with Gasteiger partial charge in [-0.05, 0) is 29.9 Å². The lowest BCUT2D eigenvalue weighted by atomic mass is 10.1. The van der Waals surface area contributed by atoms with Crippen molar-refractivity contribution in [2.24, 2.45) is 5.73 Å². The van der Waals surface area contributed by atoms with Gasteiger partial charge in [-0.15, -0.1) is 11.8 Å². The van der Waals surface area contributed by atoms with E-state index < -0.39 is 11.7 Å². The highest BCUT2D eigenvalue weighted by Crippen LogP contribution is 2.37. The van der Waals surface area contributed by atoms with Crippen molar-refractivity contribution >= 4 is 11.8 Å². The second kappa shape index (κ2) is 7.04. The van der Waals surface area contributed by atoms with Crippen LogP contribution in [0.15, 0.2) is 23.1 Å². The van der Waals surface area contributed by atoms with Gasteiger partial charge in [-0.1, -0.05) is 25.8 Å². The van der Waals surface area contributed by atoms with Crippen molar-refractivity contribution < 1.29 is 13.2 Å². The number of rotatable bonds is 6. The van der Waals surface area contributed by atoms with Gasteiger partial charge < -0.3 is 5.73 Å². The van der Waals surface area contributed by atoms with Crippen LogP contribution < -0.4 is 5.73 Å². The largest absolute Gasteiger partial charge is 0.417 e. The first-order valence-corrected chi connectivity index (χ1v) is 7.00. The Balaban J connectivity index is 2.82. The van der Waals surface area contributed by atoms with Gasteiger partial charge >= 0.3 is 6.18 Å². The Bertz CT molecular complexity index is 377. The highest BCUT2D eigenvalue weighted by atomic mass is 32.2. The molecule has 0 bridgehead atoms. The Kier molecular flexibility index (Phi) is 6.02. The Labute approximate surface area is 110 Å². The summed E-state index contributed by atoms with van der Waals surface area (Å²) in [5.74, 6) is 0.721. The summed E-state index contributed by atoms with van der Waals surface area (Å²) >= 11 is 1.27. The topological polar surface area (TPSA) is 26.0 Å². The van der Waals surface area contributed by atoms with Crippen LogP contribution in [-0.4, -0.2) is 5.75 Å². The molecule has 5 heteroatoms. The van der Waals surface area contributed by atoms with E-state index in [1.807, 2.05) is 0 Å². The highest BCUT2D eigenvalue weighted by molar-refractivity contribution is 7.99. The molecule has 0 aliphatic rings. The molecule has 0 atom stereocenters. The van der Waals surface area contributed by atoms with Crippen molar-refractivity contribution in [3.05, 3.63) is 29.3 Å². The van der Waals surface area contributed by atoms with Crippen molar-refractivity contribution in [1.82, 2.24) is 0 Å². The maximum atomic E-state index is 12.9. The molecule has 0 saturated heterocycles. The standard InChI is InChI=1S/C13H18F3NS/c1-2-3-4-7-18-12-6-5-10(9-17)8-11(12)13(14,15)16/h5-6,8H,2-4,7,9,17H2,1H3. The summed E-state index contributed by atoms with van der Waals surface area (Å²) in [4.78, 5) is 0.302. The van der Waals surface area contributed by atoms with Gasteiger partial charge in [0, 0.05) is 11.4 Å². The molecule has 0 aliphatic heterocycles. The van der Waals surface area contributed by atoms with E-state index in [-0.39, 0.29) is 6.54 Å². The number of benzene rings is 1. The average Bonchev–Trinajstić information content (AvgIpc) is 2.33. The monoisotopic (exact) mass is 277 g/mol. The van der Waals surface area contributed by atoms with Crippen LogP contribution in [0.2, 0.25) is 0 Å². The molecule has 1 nitrogen and oxygen atoms in total. The molecular formula is C13H18F3NS. The molecule has 0 radical (unpaired) electrons. The molecule has 0 amide bonds. The number of unbranched alkanes of at least 4 members (excludes halogenated alkanes) is 2. The van der Waals surface area contributed by atoms with E-state index >= 15 is 0 Å². The molecule has 2 N–H and O–H groups in total. The first kappa shape index (κ1) is 15.4. The Morgan fingerprint density at radius 1 is 1.22 bits per heavy atom. The highest BCUT2D eigenvalue weighted by Gasteiger charge is 2.33. The number of nitrogens with two attached hydrogens (primary N) is 1. The van der Waals surface area contributed by atoms with Crippen LogP contribution in [0.25, 0.3) is 0 Å². The van der Waals surface area contributed by atoms with Crippen molar-refractivity contribution in [2.75, 3.05) is 5.75 Å². The van der Waals surface area contributed by atoms with Crippen LogP contribution in [0.5, 0.6) is 0 Å². The fraction of sp³-hybridized carbons (Fsp3) is 0.538. The van der Waals surface area contributed by atoms with Gasteiger partial charge in [-0.3, -0.25) is 0 Å². The van der Waals surface area contributed by atoms with Crippen molar-refractivity contribution in [1.29, 1.82) is 0 Å². The second-order valence-electron chi connectivity index (χ2n) is 4.09. The van der Waals surface area contributed by atoms with Crippen molar-refractivity contribution in [3.63, 3.8) is 0 Å². The van der Waals surface area contributed by atoms with E-state index in [4.69, 9.17) is 5.73 Å². The fourth-order valence-corrected chi connectivity index (χ4v) is 2.65. The normalized spacial score (nSPS) is 11.8. The quantitative estimate of drug-likeness (QED) is 0.614. The van der Waals surface area contributed by atoms with Crippen LogP contribution in [0.3, 0.4) is 0 Å². The van der Waals surface area contributed by atoms with Crippen LogP contribution in [0.4, 0.5) is 13.2 Å². The average molecular weight is 277 g/mol. The summed E-state index contributed by atoms with van der Waals surface area (Å²) in [6, 6.07) is 4.35. The predicted octanol–water partition coefficient (Wildman–Crippen LogP) is 4.45. The smallest absolute Gasteiger partial charge is 0.326 e. The molecule has 0 unspecified atom stereocenters. The molecule has 1 aromatic rings. The molecule has 0 spiro atoms. The Morgan fingerprint density at radius 2 is 1.94 bits per heavy atom.